The van der Waals surface area contributed by atoms with Gasteiger partial charge in [0.15, 0.2) is 11.4 Å². The number of aliphatic hydroxyl groups is 3. The number of alkyl halides is 5. The van der Waals surface area contributed by atoms with E-state index >= 15 is 0 Å². The molecule has 3 aliphatic carbocycles. The number of benzene rings is 1. The second-order valence-electron chi connectivity index (χ2n) is 12.1. The SMILES string of the molecule is CN(C)c1cc(CNCC(F)(F)C(F)(F)F)c(O)c2c1C[C@H]1C[C@]3(C)[C@@H](N(C)C)C(=O)C(C(N)=O)=C(O)[C@@]3(O)C(=O)C1=C2O. The Balaban J connectivity index is 1.90. The van der Waals surface area contributed by atoms with Gasteiger partial charge in [-0.2, -0.15) is 22.0 Å². The van der Waals surface area contributed by atoms with Gasteiger partial charge in [0.25, 0.3) is 5.91 Å². The fraction of sp³-hybridized carbons (Fsp3) is 0.536. The van der Waals surface area contributed by atoms with Crippen molar-refractivity contribution in [3.63, 3.8) is 0 Å². The fourth-order valence-corrected chi connectivity index (χ4v) is 6.91. The van der Waals surface area contributed by atoms with Crippen molar-refractivity contribution in [2.24, 2.45) is 17.1 Å². The van der Waals surface area contributed by atoms with Gasteiger partial charge < -0.3 is 36.4 Å². The molecule has 3 aliphatic rings. The van der Waals surface area contributed by atoms with E-state index in [2.05, 4.69) is 0 Å². The molecule has 0 aromatic heterocycles. The smallest absolute Gasteiger partial charge is 0.454 e. The quantitative estimate of drug-likeness (QED) is 0.192. The molecular formula is C28H33F5N4O7. The van der Waals surface area contributed by atoms with Gasteiger partial charge in [0.05, 0.1) is 18.2 Å². The number of nitrogens with one attached hydrogen (secondary N) is 1. The second-order valence-corrected chi connectivity index (χ2v) is 12.1. The van der Waals surface area contributed by atoms with Crippen LogP contribution >= 0.6 is 0 Å². The average molecular weight is 633 g/mol. The van der Waals surface area contributed by atoms with Crippen LogP contribution in [-0.2, 0) is 27.3 Å². The number of nitrogens with two attached hydrogens (primary N) is 1. The molecule has 0 unspecified atom stereocenters. The number of nitrogens with zero attached hydrogens (tertiary/aromatic N) is 2. The van der Waals surface area contributed by atoms with Gasteiger partial charge in [0, 0.05) is 42.9 Å². The predicted molar refractivity (Wildman–Crippen MR) is 146 cm³/mol. The van der Waals surface area contributed by atoms with Gasteiger partial charge in [-0.05, 0) is 44.5 Å². The lowest BCUT2D eigenvalue weighted by Gasteiger charge is -2.57. The highest BCUT2D eigenvalue weighted by Crippen LogP contribution is 2.59. The zero-order chi connectivity index (χ0) is 33.5. The van der Waals surface area contributed by atoms with E-state index in [1.54, 1.807) is 19.0 Å². The third-order valence-corrected chi connectivity index (χ3v) is 8.88. The molecule has 1 saturated carbocycles. The molecule has 44 heavy (non-hydrogen) atoms. The Bertz CT molecular complexity index is 1520. The number of phenols is 1. The summed E-state index contributed by atoms with van der Waals surface area (Å²) in [4.78, 5) is 42.6. The molecule has 0 aliphatic heterocycles. The molecular weight excluding hydrogens is 599 g/mol. The number of hydrogen-bond acceptors (Lipinski definition) is 10. The highest BCUT2D eigenvalue weighted by Gasteiger charge is 2.70. The van der Waals surface area contributed by atoms with Crippen molar-refractivity contribution < 1.29 is 56.8 Å². The minimum absolute atomic E-state index is 0.0471. The molecule has 4 rings (SSSR count). The molecule has 0 heterocycles. The summed E-state index contributed by atoms with van der Waals surface area (Å²) in [7, 11) is 6.11. The maximum Gasteiger partial charge on any atom is 0.454 e. The number of amides is 1. The Kier molecular flexibility index (Phi) is 7.84. The molecule has 1 aromatic carbocycles. The first-order valence-electron chi connectivity index (χ1n) is 13.4. The van der Waals surface area contributed by atoms with Crippen LogP contribution in [-0.4, -0.2) is 101 Å². The van der Waals surface area contributed by atoms with Crippen LogP contribution in [0.25, 0.3) is 5.76 Å². The van der Waals surface area contributed by atoms with Crippen molar-refractivity contribution in [3.05, 3.63) is 39.7 Å². The summed E-state index contributed by atoms with van der Waals surface area (Å²) in [6.07, 6.45) is -6.04. The van der Waals surface area contributed by atoms with E-state index in [0.717, 1.165) is 0 Å². The first-order valence-corrected chi connectivity index (χ1v) is 13.4. The van der Waals surface area contributed by atoms with E-state index in [4.69, 9.17) is 5.73 Å². The molecule has 16 heteroatoms. The molecule has 1 aromatic rings. The normalized spacial score (nSPS) is 27.4. The number of rotatable bonds is 7. The van der Waals surface area contributed by atoms with Crippen LogP contribution in [0, 0.1) is 11.3 Å². The highest BCUT2D eigenvalue weighted by atomic mass is 19.4. The van der Waals surface area contributed by atoms with E-state index in [0.29, 0.717) is 11.3 Å². The number of anilines is 1. The van der Waals surface area contributed by atoms with E-state index in [9.17, 15) is 56.8 Å². The fourth-order valence-electron chi connectivity index (χ4n) is 6.91. The van der Waals surface area contributed by atoms with Crippen LogP contribution in [0.15, 0.2) is 23.0 Å². The molecule has 1 fully saturated rings. The Morgan fingerprint density at radius 3 is 2.20 bits per heavy atom. The lowest BCUT2D eigenvalue weighted by Crippen LogP contribution is -2.71. The van der Waals surface area contributed by atoms with Gasteiger partial charge in [-0.25, -0.2) is 0 Å². The minimum Gasteiger partial charge on any atom is -0.508 e. The van der Waals surface area contributed by atoms with Crippen molar-refractivity contribution in [1.29, 1.82) is 0 Å². The number of phenolic OH excluding ortho intramolecular Hbond substituents is 1. The Labute approximate surface area is 248 Å². The number of likely N-dealkylation sites (N-methyl/N-ethyl adjacent to an activating group) is 1. The number of hydrogen-bond donors (Lipinski definition) is 6. The minimum atomic E-state index is -5.82. The van der Waals surface area contributed by atoms with Gasteiger partial charge in [0.1, 0.15) is 22.8 Å². The van der Waals surface area contributed by atoms with Gasteiger partial charge >= 0.3 is 12.1 Å². The van der Waals surface area contributed by atoms with Crippen molar-refractivity contribution in [2.75, 3.05) is 39.6 Å². The zero-order valence-corrected chi connectivity index (χ0v) is 24.4. The molecule has 0 spiro atoms. The van der Waals surface area contributed by atoms with Crippen LogP contribution in [0.5, 0.6) is 5.75 Å². The number of Topliss-reactive ketones (excluding diaryl/α,β-unsaturated/α-hetero) is 2. The van der Waals surface area contributed by atoms with Crippen molar-refractivity contribution in [3.8, 4) is 5.75 Å². The van der Waals surface area contributed by atoms with Crippen LogP contribution in [0.1, 0.15) is 30.0 Å². The first-order chi connectivity index (χ1) is 20.0. The number of halogens is 5. The van der Waals surface area contributed by atoms with Crippen molar-refractivity contribution >= 4 is 28.9 Å². The van der Waals surface area contributed by atoms with Crippen LogP contribution < -0.4 is 16.0 Å². The van der Waals surface area contributed by atoms with Gasteiger partial charge in [-0.1, -0.05) is 6.92 Å². The maximum absolute atomic E-state index is 14.1. The molecule has 0 radical (unpaired) electrons. The third-order valence-electron chi connectivity index (χ3n) is 8.88. The van der Waals surface area contributed by atoms with E-state index in [-0.39, 0.29) is 24.0 Å². The predicted octanol–water partition coefficient (Wildman–Crippen LogP) is 1.71. The number of fused-ring (bicyclic) bond motifs is 3. The number of aliphatic hydroxyl groups excluding tert-OH is 2. The molecule has 242 valence electrons. The van der Waals surface area contributed by atoms with E-state index in [1.165, 1.54) is 32.0 Å². The largest absolute Gasteiger partial charge is 0.508 e. The van der Waals surface area contributed by atoms with Gasteiger partial charge in [0.2, 0.25) is 5.78 Å². The molecule has 4 atom stereocenters. The number of carbonyl (C=O) groups is 3. The number of ketones is 2. The topological polar surface area (TPSA) is 177 Å². The zero-order valence-electron chi connectivity index (χ0n) is 24.4. The lowest BCUT2D eigenvalue weighted by molar-refractivity contribution is -0.279. The Morgan fingerprint density at radius 1 is 1.11 bits per heavy atom. The molecule has 1 amide bonds. The van der Waals surface area contributed by atoms with E-state index in [1.807, 2.05) is 5.32 Å². The summed E-state index contributed by atoms with van der Waals surface area (Å²) in [5.41, 5.74) is -0.604. The lowest BCUT2D eigenvalue weighted by atomic mass is 9.50. The summed E-state index contributed by atoms with van der Waals surface area (Å²) in [6.45, 7) is -1.10. The van der Waals surface area contributed by atoms with Crippen LogP contribution in [0.3, 0.4) is 0 Å². The summed E-state index contributed by atoms with van der Waals surface area (Å²) < 4.78 is 64.9. The van der Waals surface area contributed by atoms with Gasteiger partial charge in [-0.3, -0.25) is 19.3 Å². The maximum atomic E-state index is 14.1. The molecule has 0 saturated heterocycles. The standard InChI is InChI=1S/C28H33F5N4O7/c1-25-8-11-6-13-14(36(2)3)7-12(9-35-10-26(29,30)28(31,32)33)18(38)16(13)19(39)15(11)22(41)27(25,44)23(42)17(24(34)43)20(40)21(25)37(4)5/h7,11,21,35,38-39,42,44H,6,8-10H2,1-5H3,(H2,34,43)/t11-,21-,25+,27-/m0/s1. The summed E-state index contributed by atoms with van der Waals surface area (Å²) >= 11 is 0. The summed E-state index contributed by atoms with van der Waals surface area (Å²) in [5.74, 6) is -12.3. The Morgan fingerprint density at radius 2 is 1.70 bits per heavy atom. The van der Waals surface area contributed by atoms with E-state index < -0.39 is 94.1 Å². The van der Waals surface area contributed by atoms with Gasteiger partial charge in [-0.15, -0.1) is 0 Å². The first kappa shape index (κ1) is 33.1. The summed E-state index contributed by atoms with van der Waals surface area (Å²) in [5, 5.41) is 47.6. The Hall–Kier alpha value is -3.76. The molecule has 0 bridgehead atoms. The third kappa shape index (κ3) is 4.53. The van der Waals surface area contributed by atoms with Crippen molar-refractivity contribution in [1.82, 2.24) is 10.2 Å². The second kappa shape index (κ2) is 10.4. The molecule has 11 nitrogen and oxygen atoms in total. The molecule has 7 N–H and O–H groups in total. The number of primary amides is 1. The number of aromatic hydroxyl groups is 1. The van der Waals surface area contributed by atoms with Crippen molar-refractivity contribution in [2.45, 2.75) is 50.1 Å². The van der Waals surface area contributed by atoms with Crippen LogP contribution in [0.2, 0.25) is 0 Å². The number of carbonyl (C=O) groups excluding carboxylic acids is 3. The highest BCUT2D eigenvalue weighted by molar-refractivity contribution is 6.25. The average Bonchev–Trinajstić information content (AvgIpc) is 2.86. The monoisotopic (exact) mass is 632 g/mol. The van der Waals surface area contributed by atoms with Crippen LogP contribution in [0.4, 0.5) is 27.6 Å². The summed E-state index contributed by atoms with van der Waals surface area (Å²) in [6, 6.07) is 0.0267.